The molecule has 138 valence electrons. The lowest BCUT2D eigenvalue weighted by atomic mass is 10.2. The monoisotopic (exact) mass is 412 g/mol. The first-order chi connectivity index (χ1) is 12.2. The molecule has 2 aromatic rings. The number of hydrogen-bond donors (Lipinski definition) is 2. The molecule has 0 radical (unpaired) electrons. The van der Waals surface area contributed by atoms with Crippen LogP contribution < -0.4 is 10.6 Å². The Morgan fingerprint density at radius 2 is 1.81 bits per heavy atom. The van der Waals surface area contributed by atoms with Crippen molar-refractivity contribution in [2.45, 2.75) is 28.9 Å². The van der Waals surface area contributed by atoms with Crippen molar-refractivity contribution >= 4 is 55.2 Å². The van der Waals surface area contributed by atoms with Crippen molar-refractivity contribution < 1.29 is 18.0 Å². The third-order valence-electron chi connectivity index (χ3n) is 3.21. The summed E-state index contributed by atoms with van der Waals surface area (Å²) in [4.78, 5) is 24.0. The molecule has 0 unspecified atom stereocenters. The van der Waals surface area contributed by atoms with Crippen LogP contribution in [0.5, 0.6) is 0 Å². The number of carbonyl (C=O) groups is 2. The zero-order chi connectivity index (χ0) is 19.3. The Labute approximate surface area is 160 Å². The quantitative estimate of drug-likeness (QED) is 0.408. The number of anilines is 2. The Hall–Kier alpha value is -2.03. The SMILES string of the molecule is CC(C)Sc1ccc(C(=O)Nc2ccc(S(=O)(=O)Cl)cc2)cc1NC=O. The van der Waals surface area contributed by atoms with E-state index in [-0.39, 0.29) is 10.8 Å². The van der Waals surface area contributed by atoms with Gasteiger partial charge in [-0.1, -0.05) is 13.8 Å². The molecule has 0 aliphatic heterocycles. The Morgan fingerprint density at radius 3 is 2.35 bits per heavy atom. The Morgan fingerprint density at radius 1 is 1.15 bits per heavy atom. The summed E-state index contributed by atoms with van der Waals surface area (Å²) in [7, 11) is 1.45. The highest BCUT2D eigenvalue weighted by molar-refractivity contribution is 8.13. The van der Waals surface area contributed by atoms with Gasteiger partial charge in [-0.3, -0.25) is 9.59 Å². The third-order valence-corrected chi connectivity index (χ3v) is 5.66. The molecule has 9 heteroatoms. The molecule has 0 heterocycles. The number of carbonyl (C=O) groups excluding carboxylic acids is 2. The summed E-state index contributed by atoms with van der Waals surface area (Å²) in [6.45, 7) is 4.06. The van der Waals surface area contributed by atoms with Crippen molar-refractivity contribution in [3.05, 3.63) is 48.0 Å². The first-order valence-corrected chi connectivity index (χ1v) is 10.8. The van der Waals surface area contributed by atoms with Gasteiger partial charge in [-0.2, -0.15) is 0 Å². The lowest BCUT2D eigenvalue weighted by Gasteiger charge is -2.12. The molecule has 26 heavy (non-hydrogen) atoms. The molecule has 0 atom stereocenters. The summed E-state index contributed by atoms with van der Waals surface area (Å²) in [6.07, 6.45) is 0.562. The predicted octanol–water partition coefficient (Wildman–Crippen LogP) is 3.94. The van der Waals surface area contributed by atoms with Gasteiger partial charge in [0.1, 0.15) is 0 Å². The average molecular weight is 413 g/mol. The summed E-state index contributed by atoms with van der Waals surface area (Å²) in [5, 5.41) is 5.59. The fourth-order valence-electron chi connectivity index (χ4n) is 2.11. The zero-order valence-electron chi connectivity index (χ0n) is 14.0. The number of halogens is 1. The van der Waals surface area contributed by atoms with E-state index in [0.717, 1.165) is 4.90 Å². The molecule has 0 aromatic heterocycles. The maximum absolute atomic E-state index is 12.4. The minimum atomic E-state index is -3.81. The number of hydrogen-bond acceptors (Lipinski definition) is 5. The smallest absolute Gasteiger partial charge is 0.261 e. The Bertz CT molecular complexity index is 913. The standard InChI is InChI=1S/C17H17ClN2O4S2/c1-11(2)25-16-8-3-12(9-15(16)19-10-21)17(22)20-13-4-6-14(7-5-13)26(18,23)24/h3-11H,1-2H3,(H,19,21)(H,20,22). The van der Waals surface area contributed by atoms with Crippen molar-refractivity contribution in [3.8, 4) is 0 Å². The van der Waals surface area contributed by atoms with Crippen molar-refractivity contribution in [1.82, 2.24) is 0 Å². The molecule has 2 rings (SSSR count). The number of amides is 2. The van der Waals surface area contributed by atoms with Crippen LogP contribution in [0.1, 0.15) is 24.2 Å². The van der Waals surface area contributed by atoms with Gasteiger partial charge < -0.3 is 10.6 Å². The molecule has 2 aromatic carbocycles. The maximum atomic E-state index is 12.4. The van der Waals surface area contributed by atoms with Crippen LogP contribution >= 0.6 is 22.4 Å². The summed E-state index contributed by atoms with van der Waals surface area (Å²) in [6, 6.07) is 10.5. The van der Waals surface area contributed by atoms with E-state index in [4.69, 9.17) is 10.7 Å². The zero-order valence-corrected chi connectivity index (χ0v) is 16.4. The van der Waals surface area contributed by atoms with Crippen LogP contribution in [0.15, 0.2) is 52.3 Å². The molecule has 0 saturated carbocycles. The van der Waals surface area contributed by atoms with E-state index in [1.807, 2.05) is 13.8 Å². The van der Waals surface area contributed by atoms with Gasteiger partial charge in [0.15, 0.2) is 0 Å². The highest BCUT2D eigenvalue weighted by Crippen LogP contribution is 2.31. The molecular formula is C17H17ClN2O4S2. The topological polar surface area (TPSA) is 92.3 Å². The van der Waals surface area contributed by atoms with Crippen LogP contribution in [0.3, 0.4) is 0 Å². The van der Waals surface area contributed by atoms with Gasteiger partial charge >= 0.3 is 0 Å². The fraction of sp³-hybridized carbons (Fsp3) is 0.176. The number of benzene rings is 2. The molecule has 2 amide bonds. The first-order valence-electron chi connectivity index (χ1n) is 7.57. The summed E-state index contributed by atoms with van der Waals surface area (Å²) >= 11 is 1.57. The molecule has 2 N–H and O–H groups in total. The van der Waals surface area contributed by atoms with Crippen molar-refractivity contribution in [2.75, 3.05) is 10.6 Å². The average Bonchev–Trinajstić information content (AvgIpc) is 2.56. The van der Waals surface area contributed by atoms with Gasteiger partial charge in [0.2, 0.25) is 6.41 Å². The van der Waals surface area contributed by atoms with Crippen LogP contribution in [0, 0.1) is 0 Å². The van der Waals surface area contributed by atoms with Crippen LogP contribution in [0.25, 0.3) is 0 Å². The van der Waals surface area contributed by atoms with Crippen LogP contribution in [-0.4, -0.2) is 26.0 Å². The van der Waals surface area contributed by atoms with Gasteiger partial charge in [0, 0.05) is 32.1 Å². The van der Waals surface area contributed by atoms with Crippen molar-refractivity contribution in [3.63, 3.8) is 0 Å². The van der Waals surface area contributed by atoms with Gasteiger partial charge in [0.25, 0.3) is 15.0 Å². The largest absolute Gasteiger partial charge is 0.328 e. The third kappa shape index (κ3) is 5.48. The van der Waals surface area contributed by atoms with E-state index in [2.05, 4.69) is 10.6 Å². The van der Waals surface area contributed by atoms with E-state index >= 15 is 0 Å². The highest BCUT2D eigenvalue weighted by atomic mass is 35.7. The summed E-state index contributed by atoms with van der Waals surface area (Å²) in [5.41, 5.74) is 1.33. The number of thioether (sulfide) groups is 1. The molecule has 0 bridgehead atoms. The van der Waals surface area contributed by atoms with E-state index in [9.17, 15) is 18.0 Å². The van der Waals surface area contributed by atoms with Gasteiger partial charge in [0.05, 0.1) is 10.6 Å². The van der Waals surface area contributed by atoms with Crippen molar-refractivity contribution in [1.29, 1.82) is 0 Å². The normalized spacial score (nSPS) is 11.2. The minimum absolute atomic E-state index is 0.0512. The van der Waals surface area contributed by atoms with Crippen LogP contribution in [-0.2, 0) is 13.8 Å². The minimum Gasteiger partial charge on any atom is -0.328 e. The molecule has 0 aliphatic carbocycles. The second-order valence-corrected chi connectivity index (χ2v) is 9.74. The number of nitrogens with one attached hydrogen (secondary N) is 2. The van der Waals surface area contributed by atoms with E-state index < -0.39 is 9.05 Å². The van der Waals surface area contributed by atoms with Crippen LogP contribution in [0.2, 0.25) is 0 Å². The van der Waals surface area contributed by atoms with Crippen molar-refractivity contribution in [2.24, 2.45) is 0 Å². The van der Waals surface area contributed by atoms with E-state index in [1.165, 1.54) is 24.3 Å². The Balaban J connectivity index is 2.21. The maximum Gasteiger partial charge on any atom is 0.261 e. The lowest BCUT2D eigenvalue weighted by Crippen LogP contribution is -2.12. The molecule has 0 aliphatic rings. The summed E-state index contributed by atoms with van der Waals surface area (Å²) in [5.74, 6) is -0.387. The molecular weight excluding hydrogens is 396 g/mol. The van der Waals surface area contributed by atoms with Gasteiger partial charge in [-0.15, -0.1) is 11.8 Å². The molecule has 0 spiro atoms. The van der Waals surface area contributed by atoms with Gasteiger partial charge in [-0.25, -0.2) is 8.42 Å². The Kier molecular flexibility index (Phi) is 6.69. The first kappa shape index (κ1) is 20.3. The van der Waals surface area contributed by atoms with E-state index in [0.29, 0.717) is 28.6 Å². The highest BCUT2D eigenvalue weighted by Gasteiger charge is 2.13. The fourth-order valence-corrected chi connectivity index (χ4v) is 3.78. The molecule has 0 saturated heterocycles. The second-order valence-electron chi connectivity index (χ2n) is 5.56. The predicted molar refractivity (Wildman–Crippen MR) is 105 cm³/mol. The summed E-state index contributed by atoms with van der Waals surface area (Å²) < 4.78 is 22.5. The number of rotatable bonds is 7. The second kappa shape index (κ2) is 8.57. The van der Waals surface area contributed by atoms with E-state index in [1.54, 1.807) is 30.0 Å². The molecule has 6 nitrogen and oxygen atoms in total. The van der Waals surface area contributed by atoms with Crippen LogP contribution in [0.4, 0.5) is 11.4 Å². The van der Waals surface area contributed by atoms with Gasteiger partial charge in [-0.05, 0) is 42.5 Å². The lowest BCUT2D eigenvalue weighted by molar-refractivity contribution is -0.105. The molecule has 0 fully saturated rings.